The van der Waals surface area contributed by atoms with E-state index in [1.165, 1.54) is 12.1 Å². The monoisotopic (exact) mass is 434 g/mol. The van der Waals surface area contributed by atoms with Crippen molar-refractivity contribution in [3.05, 3.63) is 28.3 Å². The van der Waals surface area contributed by atoms with Crippen LogP contribution < -0.4 is 10.6 Å². The lowest BCUT2D eigenvalue weighted by molar-refractivity contribution is 0.0983. The summed E-state index contributed by atoms with van der Waals surface area (Å²) in [5.74, 6) is -0.572. The summed E-state index contributed by atoms with van der Waals surface area (Å²) in [6.07, 6.45) is 3.92. The van der Waals surface area contributed by atoms with Crippen LogP contribution >= 0.6 is 23.2 Å². The van der Waals surface area contributed by atoms with Crippen molar-refractivity contribution in [1.29, 1.82) is 0 Å². The van der Waals surface area contributed by atoms with Gasteiger partial charge in [-0.25, -0.2) is 13.2 Å². The fourth-order valence-electron chi connectivity index (χ4n) is 3.20. The van der Waals surface area contributed by atoms with Gasteiger partial charge in [-0.15, -0.1) is 0 Å². The zero-order valence-corrected chi connectivity index (χ0v) is 16.7. The molecule has 3 rings (SSSR count). The maximum Gasteiger partial charge on any atom is 0.319 e. The van der Waals surface area contributed by atoms with Crippen LogP contribution in [0, 0.1) is 0 Å². The van der Waals surface area contributed by atoms with Crippen molar-refractivity contribution in [3.63, 3.8) is 0 Å². The first-order valence-electron chi connectivity index (χ1n) is 8.57. The van der Waals surface area contributed by atoms with Crippen LogP contribution in [-0.2, 0) is 14.6 Å². The lowest BCUT2D eigenvalue weighted by atomic mass is 10.2. The molecule has 2 aliphatic rings. The first-order chi connectivity index (χ1) is 12.8. The summed E-state index contributed by atoms with van der Waals surface area (Å²) in [5, 5.41) is 15.4. The average molecular weight is 435 g/mol. The minimum atomic E-state index is -3.88. The van der Waals surface area contributed by atoms with Crippen LogP contribution in [0.3, 0.4) is 0 Å². The Morgan fingerprint density at radius 2 is 1.89 bits per heavy atom. The van der Waals surface area contributed by atoms with Gasteiger partial charge in [0.15, 0.2) is 15.6 Å². The second-order valence-electron chi connectivity index (χ2n) is 6.45. The number of urea groups is 1. The van der Waals surface area contributed by atoms with Crippen molar-refractivity contribution in [2.75, 3.05) is 18.5 Å². The number of halogens is 2. The molecule has 1 aliphatic carbocycles. The summed E-state index contributed by atoms with van der Waals surface area (Å²) < 4.78 is 31.1. The van der Waals surface area contributed by atoms with Gasteiger partial charge < -0.3 is 20.5 Å². The zero-order valence-electron chi connectivity index (χ0n) is 14.4. The first kappa shape index (κ1) is 20.3. The van der Waals surface area contributed by atoms with E-state index in [0.717, 1.165) is 6.42 Å². The van der Waals surface area contributed by atoms with Gasteiger partial charge in [-0.1, -0.05) is 29.3 Å². The third-order valence-corrected chi connectivity index (χ3v) is 7.83. The zero-order chi connectivity index (χ0) is 19.6. The molecule has 7 nitrogen and oxygen atoms in total. The lowest BCUT2D eigenvalue weighted by Crippen LogP contribution is -2.37. The SMILES string of the molecule is O=C(Nc1ccc(Cl)c(S(=O)(=O)C2CCOCC2)c1O)NC1CCC=C1Cl. The van der Waals surface area contributed by atoms with Gasteiger partial charge in [0, 0.05) is 18.2 Å². The van der Waals surface area contributed by atoms with Crippen molar-refractivity contribution in [2.45, 2.75) is 41.9 Å². The topological polar surface area (TPSA) is 105 Å². The van der Waals surface area contributed by atoms with Crippen molar-refractivity contribution in [2.24, 2.45) is 0 Å². The second kappa shape index (κ2) is 8.26. The predicted octanol–water partition coefficient (Wildman–Crippen LogP) is 3.40. The fourth-order valence-corrected chi connectivity index (χ4v) is 5.81. The summed E-state index contributed by atoms with van der Waals surface area (Å²) >= 11 is 12.1. The fraction of sp³-hybridized carbons (Fsp3) is 0.471. The number of phenolic OH excluding ortho intramolecular Hbond substituents is 1. The Morgan fingerprint density at radius 1 is 1.19 bits per heavy atom. The molecule has 148 valence electrons. The molecule has 0 bridgehead atoms. The maximum absolute atomic E-state index is 12.9. The molecule has 0 aromatic heterocycles. The number of benzene rings is 1. The van der Waals surface area contributed by atoms with Gasteiger partial charge in [0.25, 0.3) is 0 Å². The Kier molecular flexibility index (Phi) is 6.20. The van der Waals surface area contributed by atoms with Crippen LogP contribution in [0.1, 0.15) is 25.7 Å². The summed E-state index contributed by atoms with van der Waals surface area (Å²) in [6.45, 7) is 0.663. The van der Waals surface area contributed by atoms with Gasteiger partial charge in [0.05, 0.1) is 22.0 Å². The number of phenols is 1. The van der Waals surface area contributed by atoms with Crippen molar-refractivity contribution in [1.82, 2.24) is 5.32 Å². The molecule has 1 heterocycles. The summed E-state index contributed by atoms with van der Waals surface area (Å²) in [7, 11) is -3.88. The van der Waals surface area contributed by atoms with E-state index in [9.17, 15) is 18.3 Å². The Balaban J connectivity index is 1.83. The highest BCUT2D eigenvalue weighted by Gasteiger charge is 2.34. The van der Waals surface area contributed by atoms with E-state index >= 15 is 0 Å². The number of aromatic hydroxyl groups is 1. The number of nitrogens with one attached hydrogen (secondary N) is 2. The number of amides is 2. The molecule has 10 heteroatoms. The van der Waals surface area contributed by atoms with Crippen molar-refractivity contribution >= 4 is 44.8 Å². The normalized spacial score (nSPS) is 21.0. The Labute approximate surface area is 167 Å². The summed E-state index contributed by atoms with van der Waals surface area (Å²) in [4.78, 5) is 11.8. The van der Waals surface area contributed by atoms with E-state index < -0.39 is 26.9 Å². The molecular weight excluding hydrogens is 415 g/mol. The van der Waals surface area contributed by atoms with E-state index in [2.05, 4.69) is 10.6 Å². The molecule has 3 N–H and O–H groups in total. The number of hydrogen-bond donors (Lipinski definition) is 3. The molecule has 2 amide bonds. The highest BCUT2D eigenvalue weighted by Crippen LogP contribution is 2.40. The molecule has 1 unspecified atom stereocenters. The third kappa shape index (κ3) is 4.34. The molecule has 1 atom stereocenters. The number of carbonyl (C=O) groups excluding carboxylic acids is 1. The van der Waals surface area contributed by atoms with E-state index in [1.54, 1.807) is 0 Å². The number of anilines is 1. The number of sulfone groups is 1. The van der Waals surface area contributed by atoms with E-state index in [4.69, 9.17) is 27.9 Å². The molecule has 0 saturated carbocycles. The quantitative estimate of drug-likeness (QED) is 0.629. The number of hydrogen-bond acceptors (Lipinski definition) is 5. The van der Waals surface area contributed by atoms with E-state index in [0.29, 0.717) is 37.5 Å². The molecule has 0 spiro atoms. The molecular formula is C17H20Cl2N2O5S. The second-order valence-corrected chi connectivity index (χ2v) is 9.46. The van der Waals surface area contributed by atoms with Crippen LogP contribution in [0.5, 0.6) is 5.75 Å². The molecule has 1 aromatic carbocycles. The van der Waals surface area contributed by atoms with Crippen LogP contribution in [-0.4, -0.2) is 44.1 Å². The van der Waals surface area contributed by atoms with Gasteiger partial charge >= 0.3 is 6.03 Å². The summed E-state index contributed by atoms with van der Waals surface area (Å²) in [6, 6.07) is 1.80. The molecule has 1 aromatic rings. The molecule has 1 fully saturated rings. The minimum absolute atomic E-state index is 0.0411. The largest absolute Gasteiger partial charge is 0.504 e. The smallest absolute Gasteiger partial charge is 0.319 e. The lowest BCUT2D eigenvalue weighted by Gasteiger charge is -2.23. The predicted molar refractivity (Wildman–Crippen MR) is 103 cm³/mol. The van der Waals surface area contributed by atoms with E-state index in [1.807, 2.05) is 6.08 Å². The average Bonchev–Trinajstić information content (AvgIpc) is 3.03. The number of rotatable bonds is 4. The third-order valence-electron chi connectivity index (χ3n) is 4.66. The van der Waals surface area contributed by atoms with Crippen LogP contribution in [0.2, 0.25) is 5.02 Å². The number of carbonyl (C=O) groups is 1. The maximum atomic E-state index is 12.9. The van der Waals surface area contributed by atoms with Crippen molar-refractivity contribution < 1.29 is 23.1 Å². The van der Waals surface area contributed by atoms with E-state index in [-0.39, 0.29) is 21.6 Å². The van der Waals surface area contributed by atoms with Crippen molar-refractivity contribution in [3.8, 4) is 5.75 Å². The highest BCUT2D eigenvalue weighted by atomic mass is 35.5. The van der Waals surface area contributed by atoms with Gasteiger partial charge in [0.1, 0.15) is 4.90 Å². The summed E-state index contributed by atoms with van der Waals surface area (Å²) in [5.41, 5.74) is -0.0411. The van der Waals surface area contributed by atoms with Gasteiger partial charge in [-0.05, 0) is 37.8 Å². The minimum Gasteiger partial charge on any atom is -0.504 e. The van der Waals surface area contributed by atoms with Gasteiger partial charge in [-0.3, -0.25) is 0 Å². The van der Waals surface area contributed by atoms with Crippen LogP contribution in [0.15, 0.2) is 28.1 Å². The van der Waals surface area contributed by atoms with Crippen LogP contribution in [0.25, 0.3) is 0 Å². The Hall–Kier alpha value is -1.48. The Bertz CT molecular complexity index is 866. The van der Waals surface area contributed by atoms with Crippen LogP contribution in [0.4, 0.5) is 10.5 Å². The molecule has 27 heavy (non-hydrogen) atoms. The Morgan fingerprint density at radius 3 is 2.52 bits per heavy atom. The standard InChI is InChI=1S/C17H20Cl2N2O5S/c18-11-2-1-3-13(11)20-17(23)21-14-5-4-12(19)16(15(14)22)27(24,25)10-6-8-26-9-7-10/h2,4-5,10,13,22H,1,3,6-9H2,(H2,20,21,23). The molecule has 1 aliphatic heterocycles. The number of ether oxygens (including phenoxy) is 1. The molecule has 1 saturated heterocycles. The van der Waals surface area contributed by atoms with Gasteiger partial charge in [0.2, 0.25) is 0 Å². The van der Waals surface area contributed by atoms with Gasteiger partial charge in [-0.2, -0.15) is 0 Å². The highest BCUT2D eigenvalue weighted by molar-refractivity contribution is 7.92. The first-order valence-corrected chi connectivity index (χ1v) is 10.9. The number of allylic oxidation sites excluding steroid dienone is 1. The molecule has 0 radical (unpaired) electrons.